The lowest BCUT2D eigenvalue weighted by molar-refractivity contribution is -0.138. The van der Waals surface area contributed by atoms with Gasteiger partial charge < -0.3 is 28.7 Å². The first-order valence-electron chi connectivity index (χ1n) is 43.4. The molecular formula is C73H78F8N8O4S2. The topological polar surface area (TPSA) is 117 Å². The quantitative estimate of drug-likeness (QED) is 0.0295. The minimum Gasteiger partial charge on any atom is -0.336 e. The molecule has 0 radical (unpaired) electrons. The van der Waals surface area contributed by atoms with Gasteiger partial charge in [-0.3, -0.25) is 19.2 Å². The van der Waals surface area contributed by atoms with Crippen molar-refractivity contribution in [2.75, 3.05) is 52.2 Å². The van der Waals surface area contributed by atoms with Crippen molar-refractivity contribution >= 4 is 35.3 Å². The summed E-state index contributed by atoms with van der Waals surface area (Å²) in [5.74, 6) is -7.01. The minimum absolute atomic E-state index is 0.00586. The maximum Gasteiger partial charge on any atom is 0.416 e. The van der Waals surface area contributed by atoms with E-state index in [0.29, 0.717) is 73.3 Å². The van der Waals surface area contributed by atoms with Gasteiger partial charge in [-0.15, -0.1) is 0 Å². The highest BCUT2D eigenvalue weighted by Gasteiger charge is 2.33. The van der Waals surface area contributed by atoms with Gasteiger partial charge in [0.05, 0.1) is 27.6 Å². The van der Waals surface area contributed by atoms with Crippen molar-refractivity contribution in [1.82, 2.24) is 38.7 Å². The van der Waals surface area contributed by atoms with E-state index >= 15 is 0 Å². The fourth-order valence-corrected chi connectivity index (χ4v) is 11.1. The van der Waals surface area contributed by atoms with Crippen LogP contribution in [0.4, 0.5) is 35.1 Å². The molecule has 1 atom stereocenters. The largest absolute Gasteiger partial charge is 0.416 e. The van der Waals surface area contributed by atoms with Crippen molar-refractivity contribution in [3.63, 3.8) is 0 Å². The molecule has 2 aliphatic carbocycles. The fraction of sp³-hybridized carbons (Fsp3) is 0.370. The number of hydrogen-bond acceptors (Lipinski definition) is 10. The highest BCUT2D eigenvalue weighted by atomic mass is 32.2. The molecule has 1 unspecified atom stereocenters. The Morgan fingerprint density at radius 1 is 0.537 bits per heavy atom. The summed E-state index contributed by atoms with van der Waals surface area (Å²) in [5.41, 5.74) is -13.6. The summed E-state index contributed by atoms with van der Waals surface area (Å²) < 4.78 is 357. The van der Waals surface area contributed by atoms with E-state index in [0.717, 1.165) is 49.9 Å². The molecule has 22 heteroatoms. The van der Waals surface area contributed by atoms with E-state index in [1.165, 1.54) is 47.6 Å². The summed E-state index contributed by atoms with van der Waals surface area (Å²) in [7, 11) is 0. The number of alkyl halides is 6. The zero-order valence-electron chi connectivity index (χ0n) is 80.3. The van der Waals surface area contributed by atoms with Gasteiger partial charge in [0.2, 0.25) is 11.8 Å². The van der Waals surface area contributed by atoms with Gasteiger partial charge in [0, 0.05) is 96.5 Å². The predicted octanol–water partition coefficient (Wildman–Crippen LogP) is 14.7. The third-order valence-corrected chi connectivity index (χ3v) is 16.2. The van der Waals surface area contributed by atoms with Gasteiger partial charge in [0.1, 0.15) is 24.7 Å². The number of carbonyl (C=O) groups excluding carboxylic acids is 2. The van der Waals surface area contributed by atoms with Crippen LogP contribution in [0.15, 0.2) is 165 Å². The minimum atomic E-state index is -5.40. The number of halogens is 8. The lowest BCUT2D eigenvalue weighted by atomic mass is 10.0. The van der Waals surface area contributed by atoms with Gasteiger partial charge >= 0.3 is 12.4 Å². The summed E-state index contributed by atoms with van der Waals surface area (Å²) in [4.78, 5) is 67.5. The molecule has 95 heavy (non-hydrogen) atoms. The summed E-state index contributed by atoms with van der Waals surface area (Å²) in [6.45, 7) is -8.95. The van der Waals surface area contributed by atoms with Crippen molar-refractivity contribution in [3.8, 4) is 22.3 Å². The Balaban J connectivity index is 0.000000293. The maximum absolute atomic E-state index is 14.9. The Morgan fingerprint density at radius 3 is 1.51 bits per heavy atom. The van der Waals surface area contributed by atoms with E-state index in [2.05, 4.69) is 9.97 Å². The molecule has 0 saturated carbocycles. The van der Waals surface area contributed by atoms with Crippen LogP contribution < -0.4 is 11.1 Å². The summed E-state index contributed by atoms with van der Waals surface area (Å²) >= 11 is 0.372. The zero-order valence-corrected chi connectivity index (χ0v) is 52.9. The molecular weight excluding hydrogens is 1270 g/mol. The second-order valence-electron chi connectivity index (χ2n) is 20.8. The van der Waals surface area contributed by atoms with Crippen molar-refractivity contribution < 1.29 is 84.5 Å². The number of nitrogens with zero attached hydrogens (tertiary/aromatic N) is 8. The van der Waals surface area contributed by atoms with Crippen molar-refractivity contribution in [1.29, 1.82) is 0 Å². The lowest BCUT2D eigenvalue weighted by Gasteiger charge is -2.28. The number of fused-ring (bicyclic) bond motifs is 2. The monoisotopic (exact) mass is 1380 g/mol. The fourth-order valence-electron chi connectivity index (χ4n) is 9.65. The number of benzene rings is 6. The van der Waals surface area contributed by atoms with E-state index < -0.39 is 251 Å². The van der Waals surface area contributed by atoms with Crippen LogP contribution in [0.2, 0.25) is 0 Å². The molecule has 0 spiro atoms. The second-order valence-corrected chi connectivity index (χ2v) is 22.3. The van der Waals surface area contributed by atoms with Crippen LogP contribution in [0.25, 0.3) is 22.3 Å². The maximum atomic E-state index is 14.9. The SMILES string of the molecule is [2H]C([2H])(Sc1nc(=O)c2c(n1CC(=O)N(CCN(C([2H])([2H])C)C([2H])([2H])C)Cc1ccc(-c3ccc(C(F)(F)F)cc3)cc1)CCC2)c1ccc(F)cc1.[2H]c1c([2H])c(C([2H])([2H])Sc2nc(=O)c3c(n2CC(=O)N(CCN(C([2H])([2H])C)C([2H])([2H])C)Cc2c([2H])c([2H])c(-c4c([2H])c([2H])c(C(F)(F)F)c([2H])c4[2H])c([2H])c2[2H])C([2H])([2H])C([2H])(C)C3([2H])[2H])c([2H])c([2H])c1F. The molecule has 10 rings (SSSR count). The van der Waals surface area contributed by atoms with Gasteiger partial charge in [-0.2, -0.15) is 36.3 Å². The van der Waals surface area contributed by atoms with Crippen molar-refractivity contribution in [3.05, 3.63) is 234 Å². The summed E-state index contributed by atoms with van der Waals surface area (Å²) in [6, 6.07) is 0.690. The van der Waals surface area contributed by atoms with Gasteiger partial charge in [0.25, 0.3) is 11.1 Å². The number of carbonyl (C=O) groups is 2. The average Bonchev–Trinajstić information content (AvgIpc) is 1.52. The molecule has 0 N–H and O–H groups in total. The van der Waals surface area contributed by atoms with Crippen LogP contribution in [0, 0.1) is 17.5 Å². The first-order chi connectivity index (χ1) is 56.6. The van der Waals surface area contributed by atoms with Crippen molar-refractivity contribution in [2.45, 2.75) is 127 Å². The zero-order chi connectivity index (χ0) is 93.7. The van der Waals surface area contributed by atoms with Crippen LogP contribution in [-0.2, 0) is 85.1 Å². The standard InChI is InChI=1S/C37H40F4N4O2S.C36H38F4N4O2S/c1-4-43(5-2)18-19-44(22-26-6-10-28(11-7-26)29-12-14-30(15-13-29)37(39,40)41)34(46)23-45-33-21-25(3)20-32(33)35(47)42-36(45)48-24-27-8-16-31(38)17-9-27;1-3-42(4-2)20-21-43(22-25-8-12-27(13-9-25)28-14-16-29(17-15-28)36(38,39)40)33(45)23-44-32-7-5-6-31(32)34(46)41-35(44)47-24-26-10-18-30(37)19-11-26/h6-17,25H,4-5,18-24H2,1-3H3;8-19H,3-7,20-24H2,1-2H3/i4D2,5D2,6D,7D,8D,9D,10D,11D,12D,13D,14D,15D,16D,17D,20D2,21D2,24D2,25D;3D2,4D2,24D2. The first kappa shape index (κ1) is 41.9. The summed E-state index contributed by atoms with van der Waals surface area (Å²) in [5, 5.41) is -1.08. The third-order valence-electron chi connectivity index (χ3n) is 14.5. The van der Waals surface area contributed by atoms with E-state index in [1.807, 2.05) is 0 Å². The van der Waals surface area contributed by atoms with Crippen LogP contribution in [-0.4, -0.2) is 103 Å². The number of aromatic nitrogens is 4. The number of amides is 2. The average molecular weight is 1380 g/mol. The lowest BCUT2D eigenvalue weighted by Crippen LogP contribution is -2.40. The number of likely N-dealkylation sites (N-methyl/N-ethyl adjacent to an activating group) is 2. The third kappa shape index (κ3) is 19.2. The Bertz CT molecular complexity index is 5480. The molecule has 2 heterocycles. The van der Waals surface area contributed by atoms with Gasteiger partial charge in [-0.25, -0.2) is 8.78 Å². The molecule has 6 aromatic carbocycles. The molecule has 2 aromatic heterocycles. The highest BCUT2D eigenvalue weighted by molar-refractivity contribution is 7.98. The Morgan fingerprint density at radius 2 is 0.989 bits per heavy atom. The van der Waals surface area contributed by atoms with E-state index in [9.17, 15) is 54.3 Å². The van der Waals surface area contributed by atoms with Crippen LogP contribution in [0.1, 0.15) is 137 Å². The smallest absolute Gasteiger partial charge is 0.336 e. The molecule has 0 fully saturated rings. The molecule has 502 valence electrons. The Hall–Kier alpha value is -7.92. The number of hydrogen-bond donors (Lipinski definition) is 0. The first-order valence-corrected chi connectivity index (χ1v) is 30.5. The van der Waals surface area contributed by atoms with Gasteiger partial charge in [0.15, 0.2) is 10.3 Å². The molecule has 2 aliphatic rings. The van der Waals surface area contributed by atoms with Crippen LogP contribution in [0.5, 0.6) is 0 Å². The molecule has 0 saturated heterocycles. The normalized spacial score (nSPS) is 20.8. The van der Waals surface area contributed by atoms with Crippen LogP contribution in [0.3, 0.4) is 0 Å². The predicted molar refractivity (Wildman–Crippen MR) is 358 cm³/mol. The summed E-state index contributed by atoms with van der Waals surface area (Å²) in [6.07, 6.45) is -14.9. The molecule has 12 nitrogen and oxygen atoms in total. The van der Waals surface area contributed by atoms with Crippen molar-refractivity contribution in [2.24, 2.45) is 5.89 Å². The van der Waals surface area contributed by atoms with Crippen LogP contribution >= 0.6 is 23.5 Å². The highest BCUT2D eigenvalue weighted by Crippen LogP contribution is 2.35. The van der Waals surface area contributed by atoms with Gasteiger partial charge in [-0.1, -0.05) is 155 Å². The molecule has 2 amide bonds. The van der Waals surface area contributed by atoms with E-state index in [-0.39, 0.29) is 48.7 Å². The second kappa shape index (κ2) is 32.7. The number of thioether (sulfide) groups is 2. The molecule has 0 aliphatic heterocycles. The molecule has 8 aromatic rings. The van der Waals surface area contributed by atoms with Gasteiger partial charge in [-0.05, 0) is 157 Å². The molecule has 0 bridgehead atoms. The number of rotatable bonds is 26. The Labute approximate surface area is 598 Å². The Kier molecular flexibility index (Phi) is 14.4. The van der Waals surface area contributed by atoms with E-state index in [1.54, 1.807) is 24.3 Å². The van der Waals surface area contributed by atoms with E-state index in [4.69, 9.17) is 39.8 Å².